The summed E-state index contributed by atoms with van der Waals surface area (Å²) in [5, 5.41) is 12.5. The van der Waals surface area contributed by atoms with E-state index in [9.17, 15) is 0 Å². The van der Waals surface area contributed by atoms with Crippen molar-refractivity contribution in [1.29, 1.82) is 5.26 Å². The van der Waals surface area contributed by atoms with Crippen LogP contribution >= 0.6 is 0 Å². The molecule has 2 aromatic rings. The summed E-state index contributed by atoms with van der Waals surface area (Å²) in [4.78, 5) is 0. The van der Waals surface area contributed by atoms with Crippen molar-refractivity contribution in [2.75, 3.05) is 7.11 Å². The van der Waals surface area contributed by atoms with Gasteiger partial charge in [-0.1, -0.05) is 5.16 Å². The zero-order valence-electron chi connectivity index (χ0n) is 9.21. The molecule has 2 rings (SSSR count). The normalized spacial score (nSPS) is 9.65. The summed E-state index contributed by atoms with van der Waals surface area (Å²) in [6.07, 6.45) is 1.47. The first kappa shape index (κ1) is 11.0. The molecule has 1 aromatic carbocycles. The molecule has 0 radical (unpaired) electrons. The molecule has 0 amide bonds. The molecule has 1 aromatic heterocycles. The number of ether oxygens (including phenoxy) is 2. The highest BCUT2D eigenvalue weighted by Crippen LogP contribution is 2.28. The third kappa shape index (κ3) is 2.55. The molecule has 0 unspecified atom stereocenters. The SMILES string of the molecule is COc1ccc(C#N)cc1OCc1ccon1. The van der Waals surface area contributed by atoms with E-state index < -0.39 is 0 Å². The maximum Gasteiger partial charge on any atom is 0.163 e. The van der Waals surface area contributed by atoms with Gasteiger partial charge in [0.25, 0.3) is 0 Å². The van der Waals surface area contributed by atoms with Crippen molar-refractivity contribution in [1.82, 2.24) is 5.16 Å². The Balaban J connectivity index is 2.16. The Bertz CT molecular complexity index is 529. The minimum atomic E-state index is 0.266. The molecular weight excluding hydrogens is 220 g/mol. The number of aromatic nitrogens is 1. The van der Waals surface area contributed by atoms with Crippen molar-refractivity contribution in [3.8, 4) is 17.6 Å². The lowest BCUT2D eigenvalue weighted by Crippen LogP contribution is -1.98. The van der Waals surface area contributed by atoms with Gasteiger partial charge in [-0.2, -0.15) is 5.26 Å². The lowest BCUT2D eigenvalue weighted by atomic mass is 10.2. The Morgan fingerprint density at radius 3 is 2.88 bits per heavy atom. The quantitative estimate of drug-likeness (QED) is 0.804. The Morgan fingerprint density at radius 1 is 1.35 bits per heavy atom. The van der Waals surface area contributed by atoms with Crippen molar-refractivity contribution in [2.45, 2.75) is 6.61 Å². The van der Waals surface area contributed by atoms with Crippen molar-refractivity contribution in [3.05, 3.63) is 41.8 Å². The molecule has 0 fully saturated rings. The average molecular weight is 230 g/mol. The van der Waals surface area contributed by atoms with Crippen LogP contribution in [0.4, 0.5) is 0 Å². The van der Waals surface area contributed by atoms with Crippen LogP contribution in [0.3, 0.4) is 0 Å². The van der Waals surface area contributed by atoms with Crippen LogP contribution in [0.1, 0.15) is 11.3 Å². The summed E-state index contributed by atoms with van der Waals surface area (Å²) in [7, 11) is 1.55. The van der Waals surface area contributed by atoms with Gasteiger partial charge in [0.15, 0.2) is 11.5 Å². The monoisotopic (exact) mass is 230 g/mol. The number of nitrogens with zero attached hydrogens (tertiary/aromatic N) is 2. The first-order valence-electron chi connectivity index (χ1n) is 4.93. The van der Waals surface area contributed by atoms with Gasteiger partial charge in [-0.15, -0.1) is 0 Å². The topological polar surface area (TPSA) is 68.3 Å². The number of methoxy groups -OCH3 is 1. The number of hydrogen-bond acceptors (Lipinski definition) is 5. The molecule has 0 aliphatic rings. The predicted molar refractivity (Wildman–Crippen MR) is 58.5 cm³/mol. The molecule has 17 heavy (non-hydrogen) atoms. The van der Waals surface area contributed by atoms with Crippen molar-refractivity contribution < 1.29 is 14.0 Å². The van der Waals surface area contributed by atoms with E-state index in [-0.39, 0.29) is 6.61 Å². The molecule has 0 N–H and O–H groups in total. The summed E-state index contributed by atoms with van der Waals surface area (Å²) in [5.41, 5.74) is 1.19. The van der Waals surface area contributed by atoms with E-state index in [2.05, 4.69) is 5.16 Å². The maximum atomic E-state index is 8.80. The van der Waals surface area contributed by atoms with E-state index in [0.717, 1.165) is 0 Å². The molecular formula is C12H10N2O3. The van der Waals surface area contributed by atoms with Crippen LogP contribution in [0.5, 0.6) is 11.5 Å². The number of rotatable bonds is 4. The molecule has 0 atom stereocenters. The van der Waals surface area contributed by atoms with Crippen LogP contribution in [0.25, 0.3) is 0 Å². The standard InChI is InChI=1S/C12H10N2O3/c1-15-11-3-2-9(7-13)6-12(11)16-8-10-4-5-17-14-10/h2-6H,8H2,1H3. The summed E-state index contributed by atoms with van der Waals surface area (Å²) in [6, 6.07) is 8.73. The minimum absolute atomic E-state index is 0.266. The van der Waals surface area contributed by atoms with Gasteiger partial charge in [0.05, 0.1) is 18.7 Å². The van der Waals surface area contributed by atoms with E-state index >= 15 is 0 Å². The van der Waals surface area contributed by atoms with E-state index in [0.29, 0.717) is 22.8 Å². The first-order chi connectivity index (χ1) is 8.33. The minimum Gasteiger partial charge on any atom is -0.493 e. The van der Waals surface area contributed by atoms with E-state index in [1.165, 1.54) is 6.26 Å². The molecule has 0 aliphatic carbocycles. The van der Waals surface area contributed by atoms with Crippen LogP contribution in [0.15, 0.2) is 35.1 Å². The van der Waals surface area contributed by atoms with E-state index in [1.54, 1.807) is 31.4 Å². The van der Waals surface area contributed by atoms with Crippen LogP contribution in [0, 0.1) is 11.3 Å². The zero-order valence-corrected chi connectivity index (χ0v) is 9.21. The Hall–Kier alpha value is -2.48. The van der Waals surface area contributed by atoms with Gasteiger partial charge < -0.3 is 14.0 Å². The second-order valence-electron chi connectivity index (χ2n) is 3.26. The third-order valence-corrected chi connectivity index (χ3v) is 2.16. The smallest absolute Gasteiger partial charge is 0.163 e. The molecule has 0 saturated heterocycles. The first-order valence-corrected chi connectivity index (χ1v) is 4.93. The second kappa shape index (κ2) is 5.03. The number of benzene rings is 1. The predicted octanol–water partition coefficient (Wildman–Crippen LogP) is 2.13. The summed E-state index contributed by atoms with van der Waals surface area (Å²) >= 11 is 0. The third-order valence-electron chi connectivity index (χ3n) is 2.16. The molecule has 86 valence electrons. The van der Waals surface area contributed by atoms with Gasteiger partial charge in [0, 0.05) is 12.1 Å². The van der Waals surface area contributed by atoms with Crippen molar-refractivity contribution in [2.24, 2.45) is 0 Å². The highest BCUT2D eigenvalue weighted by atomic mass is 16.5. The van der Waals surface area contributed by atoms with Gasteiger partial charge in [-0.3, -0.25) is 0 Å². The molecule has 0 aliphatic heterocycles. The number of hydrogen-bond donors (Lipinski definition) is 0. The molecule has 5 nitrogen and oxygen atoms in total. The summed E-state index contributed by atoms with van der Waals surface area (Å²) < 4.78 is 15.3. The molecule has 0 spiro atoms. The van der Waals surface area contributed by atoms with Crippen molar-refractivity contribution in [3.63, 3.8) is 0 Å². The fourth-order valence-corrected chi connectivity index (χ4v) is 1.32. The van der Waals surface area contributed by atoms with Crippen molar-refractivity contribution >= 4 is 0 Å². The Kier molecular flexibility index (Phi) is 3.26. The van der Waals surface area contributed by atoms with Gasteiger partial charge in [0.1, 0.15) is 18.6 Å². The number of nitriles is 1. The fraction of sp³-hybridized carbons (Fsp3) is 0.167. The molecule has 1 heterocycles. The van der Waals surface area contributed by atoms with Crippen LogP contribution in [-0.2, 0) is 6.61 Å². The average Bonchev–Trinajstić information content (AvgIpc) is 2.89. The highest BCUT2D eigenvalue weighted by Gasteiger charge is 2.07. The van der Waals surface area contributed by atoms with Crippen LogP contribution in [0.2, 0.25) is 0 Å². The van der Waals surface area contributed by atoms with Gasteiger partial charge in [-0.25, -0.2) is 0 Å². The Morgan fingerprint density at radius 2 is 2.24 bits per heavy atom. The zero-order chi connectivity index (χ0) is 12.1. The molecule has 5 heteroatoms. The second-order valence-corrected chi connectivity index (χ2v) is 3.26. The van der Waals surface area contributed by atoms with E-state index in [4.69, 9.17) is 19.3 Å². The Labute approximate surface area is 98.2 Å². The van der Waals surface area contributed by atoms with E-state index in [1.807, 2.05) is 6.07 Å². The van der Waals surface area contributed by atoms with Gasteiger partial charge in [0.2, 0.25) is 0 Å². The molecule has 0 bridgehead atoms. The summed E-state index contributed by atoms with van der Waals surface area (Å²) in [6.45, 7) is 0.266. The van der Waals surface area contributed by atoms with Gasteiger partial charge >= 0.3 is 0 Å². The van der Waals surface area contributed by atoms with Crippen LogP contribution in [-0.4, -0.2) is 12.3 Å². The highest BCUT2D eigenvalue weighted by molar-refractivity contribution is 5.46. The largest absolute Gasteiger partial charge is 0.493 e. The van der Waals surface area contributed by atoms with Gasteiger partial charge in [-0.05, 0) is 12.1 Å². The lowest BCUT2D eigenvalue weighted by Gasteiger charge is -2.09. The fourth-order valence-electron chi connectivity index (χ4n) is 1.32. The molecule has 0 saturated carbocycles. The maximum absolute atomic E-state index is 8.80. The lowest BCUT2D eigenvalue weighted by molar-refractivity contribution is 0.272. The summed E-state index contributed by atoms with van der Waals surface area (Å²) in [5.74, 6) is 1.09. The van der Waals surface area contributed by atoms with Crippen LogP contribution < -0.4 is 9.47 Å².